The minimum Gasteiger partial charge on any atom is -0.343 e. The third-order valence-electron chi connectivity index (χ3n) is 2.95. The number of carbonyl (C=O) groups excluding carboxylic acids is 2. The van der Waals surface area contributed by atoms with E-state index in [1.54, 1.807) is 0 Å². The van der Waals surface area contributed by atoms with Crippen LogP contribution >= 0.6 is 0 Å². The summed E-state index contributed by atoms with van der Waals surface area (Å²) in [6, 6.07) is 0. The van der Waals surface area contributed by atoms with Crippen LogP contribution in [0.5, 0.6) is 0 Å². The van der Waals surface area contributed by atoms with Crippen molar-refractivity contribution in [2.75, 3.05) is 0 Å². The van der Waals surface area contributed by atoms with Gasteiger partial charge < -0.3 is 5.32 Å². The van der Waals surface area contributed by atoms with Crippen molar-refractivity contribution in [2.24, 2.45) is 11.8 Å². The molecule has 0 aromatic rings. The van der Waals surface area contributed by atoms with Crippen LogP contribution in [0.15, 0.2) is 0 Å². The second-order valence-corrected chi connectivity index (χ2v) is 4.33. The molecule has 1 fully saturated rings. The molecule has 1 aliphatic rings. The number of Topliss-reactive ketones (excluding diaryl/α,β-unsaturated/α-hetero) is 1. The van der Waals surface area contributed by atoms with E-state index >= 15 is 0 Å². The van der Waals surface area contributed by atoms with Crippen LogP contribution in [0.25, 0.3) is 0 Å². The highest BCUT2D eigenvalue weighted by molar-refractivity contribution is 6.10. The van der Waals surface area contributed by atoms with Gasteiger partial charge in [0.25, 0.3) is 0 Å². The Morgan fingerprint density at radius 3 is 1.77 bits per heavy atom. The fourth-order valence-electron chi connectivity index (χ4n) is 2.24. The van der Waals surface area contributed by atoms with Gasteiger partial charge in [0.15, 0.2) is 5.78 Å². The maximum Gasteiger partial charge on any atom is 0.228 e. The third-order valence-corrected chi connectivity index (χ3v) is 2.95. The van der Waals surface area contributed by atoms with Crippen LogP contribution in [0.4, 0.5) is 0 Å². The van der Waals surface area contributed by atoms with E-state index in [4.69, 9.17) is 0 Å². The average molecular weight is 183 g/mol. The highest BCUT2D eigenvalue weighted by Crippen LogP contribution is 2.32. The summed E-state index contributed by atoms with van der Waals surface area (Å²) in [4.78, 5) is 22.9. The van der Waals surface area contributed by atoms with Crippen LogP contribution in [0.1, 0.15) is 34.1 Å². The summed E-state index contributed by atoms with van der Waals surface area (Å²) in [5, 5.41) is 2.83. The second kappa shape index (κ2) is 3.13. The molecule has 3 heteroatoms. The monoisotopic (exact) mass is 183 g/mol. The van der Waals surface area contributed by atoms with Gasteiger partial charge in [-0.1, -0.05) is 27.7 Å². The average Bonchev–Trinajstić information content (AvgIpc) is 2.26. The number of ketones is 1. The van der Waals surface area contributed by atoms with E-state index in [1.807, 2.05) is 27.7 Å². The Hall–Kier alpha value is -0.860. The zero-order valence-corrected chi connectivity index (χ0v) is 8.68. The number of nitrogens with one attached hydrogen (secondary N) is 1. The second-order valence-electron chi connectivity index (χ2n) is 4.33. The molecule has 0 bridgehead atoms. The van der Waals surface area contributed by atoms with Crippen molar-refractivity contribution < 1.29 is 9.59 Å². The Morgan fingerprint density at radius 2 is 1.62 bits per heavy atom. The van der Waals surface area contributed by atoms with Crippen molar-refractivity contribution in [2.45, 2.75) is 39.7 Å². The van der Waals surface area contributed by atoms with Gasteiger partial charge in [0.05, 0.1) is 6.42 Å². The van der Waals surface area contributed by atoms with Gasteiger partial charge in [0.1, 0.15) is 5.54 Å². The molecule has 0 aromatic heterocycles. The molecular weight excluding hydrogens is 166 g/mol. The summed E-state index contributed by atoms with van der Waals surface area (Å²) in [6.45, 7) is 7.90. The first-order chi connectivity index (χ1) is 5.91. The van der Waals surface area contributed by atoms with Crippen LogP contribution in [0.3, 0.4) is 0 Å². The molecule has 0 radical (unpaired) electrons. The fourth-order valence-corrected chi connectivity index (χ4v) is 2.24. The predicted molar refractivity (Wildman–Crippen MR) is 50.2 cm³/mol. The minimum atomic E-state index is -0.614. The largest absolute Gasteiger partial charge is 0.343 e. The van der Waals surface area contributed by atoms with E-state index < -0.39 is 5.54 Å². The van der Waals surface area contributed by atoms with Gasteiger partial charge in [-0.3, -0.25) is 9.59 Å². The number of amides is 1. The molecular formula is C10H17NO2. The number of hydrogen-bond donors (Lipinski definition) is 1. The van der Waals surface area contributed by atoms with Crippen molar-refractivity contribution in [3.63, 3.8) is 0 Å². The molecule has 0 atom stereocenters. The molecule has 0 aromatic carbocycles. The Kier molecular flexibility index (Phi) is 2.46. The highest BCUT2D eigenvalue weighted by atomic mass is 16.2. The first kappa shape index (κ1) is 10.2. The van der Waals surface area contributed by atoms with Crippen LogP contribution in [-0.2, 0) is 9.59 Å². The smallest absolute Gasteiger partial charge is 0.228 e. The number of hydrogen-bond acceptors (Lipinski definition) is 2. The Morgan fingerprint density at radius 1 is 1.15 bits per heavy atom. The minimum absolute atomic E-state index is 0.0440. The van der Waals surface area contributed by atoms with E-state index in [-0.39, 0.29) is 29.9 Å². The first-order valence-corrected chi connectivity index (χ1v) is 4.75. The summed E-state index contributed by atoms with van der Waals surface area (Å²) in [6.07, 6.45) is 0.0519. The first-order valence-electron chi connectivity index (χ1n) is 4.75. The van der Waals surface area contributed by atoms with E-state index in [0.717, 1.165) is 0 Å². The van der Waals surface area contributed by atoms with Crippen molar-refractivity contribution in [1.29, 1.82) is 0 Å². The SMILES string of the molecule is CC(C)C1(C(C)C)NC(=O)CC1=O. The lowest BCUT2D eigenvalue weighted by Gasteiger charge is -2.35. The number of rotatable bonds is 2. The number of carbonyl (C=O) groups is 2. The lowest BCUT2D eigenvalue weighted by Crippen LogP contribution is -2.55. The highest BCUT2D eigenvalue weighted by Gasteiger charge is 2.50. The van der Waals surface area contributed by atoms with Crippen molar-refractivity contribution in [3.8, 4) is 0 Å². The van der Waals surface area contributed by atoms with Crippen LogP contribution in [0, 0.1) is 11.8 Å². The van der Waals surface area contributed by atoms with Crippen LogP contribution in [-0.4, -0.2) is 17.2 Å². The quantitative estimate of drug-likeness (QED) is 0.652. The summed E-state index contributed by atoms with van der Waals surface area (Å²) in [7, 11) is 0. The summed E-state index contributed by atoms with van der Waals surface area (Å²) < 4.78 is 0. The molecule has 1 rings (SSSR count). The predicted octanol–water partition coefficient (Wildman–Crippen LogP) is 1.13. The molecule has 0 saturated carbocycles. The van der Waals surface area contributed by atoms with E-state index in [0.29, 0.717) is 0 Å². The van der Waals surface area contributed by atoms with Gasteiger partial charge in [-0.2, -0.15) is 0 Å². The fraction of sp³-hybridized carbons (Fsp3) is 0.800. The van der Waals surface area contributed by atoms with Gasteiger partial charge >= 0.3 is 0 Å². The standard InChI is InChI=1S/C10H17NO2/c1-6(2)10(7(3)4)8(12)5-9(13)11-10/h6-7H,5H2,1-4H3,(H,11,13). The van der Waals surface area contributed by atoms with Gasteiger partial charge in [0, 0.05) is 0 Å². The van der Waals surface area contributed by atoms with Crippen LogP contribution < -0.4 is 5.32 Å². The molecule has 1 aliphatic heterocycles. The van der Waals surface area contributed by atoms with E-state index in [9.17, 15) is 9.59 Å². The molecule has 1 N–H and O–H groups in total. The molecule has 1 saturated heterocycles. The Labute approximate surface area is 78.9 Å². The summed E-state index contributed by atoms with van der Waals surface area (Å²) >= 11 is 0. The molecule has 0 aliphatic carbocycles. The Balaban J connectivity index is 3.05. The van der Waals surface area contributed by atoms with Gasteiger partial charge in [-0.15, -0.1) is 0 Å². The van der Waals surface area contributed by atoms with Crippen LogP contribution in [0.2, 0.25) is 0 Å². The van der Waals surface area contributed by atoms with Crippen molar-refractivity contribution in [1.82, 2.24) is 5.32 Å². The van der Waals surface area contributed by atoms with Crippen molar-refractivity contribution >= 4 is 11.7 Å². The molecule has 3 nitrogen and oxygen atoms in total. The zero-order valence-electron chi connectivity index (χ0n) is 8.68. The molecule has 0 spiro atoms. The zero-order chi connectivity index (χ0) is 10.2. The molecule has 0 unspecified atom stereocenters. The summed E-state index contributed by atoms with van der Waals surface area (Å²) in [5.74, 6) is 0.229. The molecule has 74 valence electrons. The maximum atomic E-state index is 11.7. The van der Waals surface area contributed by atoms with E-state index in [1.165, 1.54) is 0 Å². The summed E-state index contributed by atoms with van der Waals surface area (Å²) in [5.41, 5.74) is -0.614. The lowest BCUT2D eigenvalue weighted by atomic mass is 9.75. The molecule has 13 heavy (non-hydrogen) atoms. The Bertz CT molecular complexity index is 235. The van der Waals surface area contributed by atoms with Crippen molar-refractivity contribution in [3.05, 3.63) is 0 Å². The molecule has 1 heterocycles. The van der Waals surface area contributed by atoms with Gasteiger partial charge in [-0.25, -0.2) is 0 Å². The van der Waals surface area contributed by atoms with E-state index in [2.05, 4.69) is 5.32 Å². The van der Waals surface area contributed by atoms with Gasteiger partial charge in [-0.05, 0) is 11.8 Å². The normalized spacial score (nSPS) is 21.4. The topological polar surface area (TPSA) is 46.2 Å². The maximum absolute atomic E-state index is 11.7. The molecule has 1 amide bonds. The third kappa shape index (κ3) is 1.36. The van der Waals surface area contributed by atoms with Gasteiger partial charge in [0.2, 0.25) is 5.91 Å². The lowest BCUT2D eigenvalue weighted by molar-refractivity contribution is -0.125.